The molecule has 0 radical (unpaired) electrons. The first kappa shape index (κ1) is 10.6. The molecule has 0 aliphatic heterocycles. The molecule has 0 saturated carbocycles. The molecule has 1 heterocycles. The van der Waals surface area contributed by atoms with Crippen LogP contribution in [0, 0.1) is 0 Å². The molecule has 7 heteroatoms. The summed E-state index contributed by atoms with van der Waals surface area (Å²) in [4.78, 5) is 3.43. The molecule has 0 saturated heterocycles. The van der Waals surface area contributed by atoms with Crippen LogP contribution in [0.1, 0.15) is 0 Å². The normalized spacial score (nSPS) is 11.3. The molecule has 0 aromatic carbocycles. The third-order valence-corrected chi connectivity index (χ3v) is 3.04. The number of halogens is 2. The smallest absolute Gasteiger partial charge is 0.264 e. The lowest BCUT2D eigenvalue weighted by molar-refractivity contribution is 0.397. The van der Waals surface area contributed by atoms with E-state index in [-0.39, 0.29) is 15.8 Å². The predicted octanol–water partition coefficient (Wildman–Crippen LogP) is 1.67. The summed E-state index contributed by atoms with van der Waals surface area (Å²) >= 11 is 5.61. The van der Waals surface area contributed by atoms with Crippen molar-refractivity contribution in [2.75, 3.05) is 7.11 Å². The van der Waals surface area contributed by atoms with Gasteiger partial charge in [0, 0.05) is 16.7 Å². The molecule has 72 valence electrons. The van der Waals surface area contributed by atoms with E-state index in [0.717, 1.165) is 6.20 Å². The molecule has 0 amide bonds. The van der Waals surface area contributed by atoms with E-state index in [0.29, 0.717) is 0 Å². The standard InChI is InChI=1S/C6H5Cl2NO3S/c1-12-6-2-4(7)5(3-9-6)13(8,10)11/h2-3H,1H3. The maximum Gasteiger partial charge on any atom is 0.264 e. The van der Waals surface area contributed by atoms with Crippen molar-refractivity contribution in [3.05, 3.63) is 17.3 Å². The molecular formula is C6H5Cl2NO3S. The highest BCUT2D eigenvalue weighted by Gasteiger charge is 2.15. The van der Waals surface area contributed by atoms with Gasteiger partial charge in [-0.3, -0.25) is 0 Å². The number of methoxy groups -OCH3 is 1. The van der Waals surface area contributed by atoms with Gasteiger partial charge in [-0.1, -0.05) is 11.6 Å². The second kappa shape index (κ2) is 3.69. The summed E-state index contributed by atoms with van der Waals surface area (Å²) < 4.78 is 26.4. The lowest BCUT2D eigenvalue weighted by Gasteiger charge is -2.01. The second-order valence-corrected chi connectivity index (χ2v) is 5.04. The zero-order valence-electron chi connectivity index (χ0n) is 6.49. The van der Waals surface area contributed by atoms with Crippen LogP contribution in [0.4, 0.5) is 0 Å². The first-order valence-electron chi connectivity index (χ1n) is 3.09. The fourth-order valence-corrected chi connectivity index (χ4v) is 2.10. The van der Waals surface area contributed by atoms with Gasteiger partial charge in [0.05, 0.1) is 18.3 Å². The van der Waals surface area contributed by atoms with E-state index in [1.165, 1.54) is 13.2 Å². The van der Waals surface area contributed by atoms with Gasteiger partial charge in [0.25, 0.3) is 9.05 Å². The number of aromatic nitrogens is 1. The lowest BCUT2D eigenvalue weighted by atomic mass is 10.5. The quantitative estimate of drug-likeness (QED) is 0.740. The number of hydrogen-bond acceptors (Lipinski definition) is 4. The third-order valence-electron chi connectivity index (χ3n) is 1.27. The highest BCUT2D eigenvalue weighted by Crippen LogP contribution is 2.26. The molecule has 0 bridgehead atoms. The Kier molecular flexibility index (Phi) is 3.00. The molecule has 1 aromatic heterocycles. The minimum absolute atomic E-state index is 0.0122. The van der Waals surface area contributed by atoms with Crippen molar-refractivity contribution in [2.24, 2.45) is 0 Å². The van der Waals surface area contributed by atoms with Crippen molar-refractivity contribution < 1.29 is 13.2 Å². The largest absolute Gasteiger partial charge is 0.481 e. The van der Waals surface area contributed by atoms with Crippen molar-refractivity contribution in [1.29, 1.82) is 0 Å². The summed E-state index contributed by atoms with van der Waals surface area (Å²) in [6, 6.07) is 1.27. The highest BCUT2D eigenvalue weighted by atomic mass is 35.7. The summed E-state index contributed by atoms with van der Waals surface area (Å²) in [5, 5.41) is -0.0122. The summed E-state index contributed by atoms with van der Waals surface area (Å²) in [7, 11) is 2.63. The van der Waals surface area contributed by atoms with Crippen molar-refractivity contribution in [3.63, 3.8) is 0 Å². The zero-order valence-corrected chi connectivity index (χ0v) is 8.82. The summed E-state index contributed by atoms with van der Waals surface area (Å²) in [6.07, 6.45) is 1.05. The Morgan fingerprint density at radius 2 is 2.15 bits per heavy atom. The Bertz CT molecular complexity index is 418. The molecule has 1 rings (SSSR count). The van der Waals surface area contributed by atoms with Gasteiger partial charge < -0.3 is 4.74 Å². The fraction of sp³-hybridized carbons (Fsp3) is 0.167. The average molecular weight is 242 g/mol. The van der Waals surface area contributed by atoms with Gasteiger partial charge in [-0.2, -0.15) is 0 Å². The van der Waals surface area contributed by atoms with Crippen molar-refractivity contribution in [1.82, 2.24) is 4.98 Å². The van der Waals surface area contributed by atoms with E-state index < -0.39 is 9.05 Å². The van der Waals surface area contributed by atoms with Crippen molar-refractivity contribution in [2.45, 2.75) is 4.90 Å². The predicted molar refractivity (Wildman–Crippen MR) is 48.8 cm³/mol. The van der Waals surface area contributed by atoms with Crippen LogP contribution in [0.5, 0.6) is 5.88 Å². The third kappa shape index (κ3) is 2.46. The van der Waals surface area contributed by atoms with E-state index in [2.05, 4.69) is 4.98 Å². The van der Waals surface area contributed by atoms with Gasteiger partial charge in [0.1, 0.15) is 4.90 Å². The van der Waals surface area contributed by atoms with Crippen LogP contribution in [0.25, 0.3) is 0 Å². The summed E-state index contributed by atoms with van der Waals surface area (Å²) in [5.74, 6) is 0.231. The molecule has 0 N–H and O–H groups in total. The van der Waals surface area contributed by atoms with Crippen LogP contribution >= 0.6 is 22.3 Å². The topological polar surface area (TPSA) is 56.3 Å². The van der Waals surface area contributed by atoms with Crippen LogP contribution < -0.4 is 4.74 Å². The summed E-state index contributed by atoms with van der Waals surface area (Å²) in [6.45, 7) is 0. The number of rotatable bonds is 2. The number of ether oxygens (including phenoxy) is 1. The molecule has 0 unspecified atom stereocenters. The maximum atomic E-state index is 10.9. The summed E-state index contributed by atoms with van der Waals surface area (Å²) in [5.41, 5.74) is 0. The van der Waals surface area contributed by atoms with Gasteiger partial charge in [-0.15, -0.1) is 0 Å². The van der Waals surface area contributed by atoms with Crippen LogP contribution in [0.3, 0.4) is 0 Å². The fourth-order valence-electron chi connectivity index (χ4n) is 0.692. The number of hydrogen-bond donors (Lipinski definition) is 0. The molecular weight excluding hydrogens is 237 g/mol. The van der Waals surface area contributed by atoms with Crippen LogP contribution in [-0.2, 0) is 9.05 Å². The molecule has 13 heavy (non-hydrogen) atoms. The van der Waals surface area contributed by atoms with E-state index in [9.17, 15) is 8.42 Å². The zero-order chi connectivity index (χ0) is 10.1. The van der Waals surface area contributed by atoms with Gasteiger partial charge in [0.15, 0.2) is 0 Å². The van der Waals surface area contributed by atoms with Gasteiger partial charge in [0.2, 0.25) is 5.88 Å². The molecule has 0 aliphatic carbocycles. The number of nitrogens with zero attached hydrogens (tertiary/aromatic N) is 1. The lowest BCUT2D eigenvalue weighted by Crippen LogP contribution is -1.95. The van der Waals surface area contributed by atoms with Crippen LogP contribution in [0.2, 0.25) is 5.02 Å². The van der Waals surface area contributed by atoms with Crippen molar-refractivity contribution in [3.8, 4) is 5.88 Å². The first-order valence-corrected chi connectivity index (χ1v) is 5.78. The Hall–Kier alpha value is -0.520. The molecule has 1 aromatic rings. The van der Waals surface area contributed by atoms with Gasteiger partial charge >= 0.3 is 0 Å². The molecule has 0 spiro atoms. The Balaban J connectivity index is 3.29. The minimum Gasteiger partial charge on any atom is -0.481 e. The van der Waals surface area contributed by atoms with E-state index in [1.807, 2.05) is 0 Å². The average Bonchev–Trinajstić information content (AvgIpc) is 2.01. The maximum absolute atomic E-state index is 10.9. The first-order chi connectivity index (χ1) is 5.95. The molecule has 0 atom stereocenters. The van der Waals surface area contributed by atoms with E-state index >= 15 is 0 Å². The Labute approximate surface area is 84.9 Å². The monoisotopic (exact) mass is 241 g/mol. The van der Waals surface area contributed by atoms with Gasteiger partial charge in [-0.25, -0.2) is 13.4 Å². The van der Waals surface area contributed by atoms with Crippen molar-refractivity contribution >= 4 is 31.3 Å². The Morgan fingerprint density at radius 1 is 1.54 bits per heavy atom. The SMILES string of the molecule is COc1cc(Cl)c(S(=O)(=O)Cl)cn1. The van der Waals surface area contributed by atoms with E-state index in [1.54, 1.807) is 0 Å². The van der Waals surface area contributed by atoms with Crippen LogP contribution in [0.15, 0.2) is 17.2 Å². The molecule has 4 nitrogen and oxygen atoms in total. The second-order valence-electron chi connectivity index (χ2n) is 2.09. The highest BCUT2D eigenvalue weighted by molar-refractivity contribution is 8.13. The molecule has 0 aliphatic rings. The molecule has 0 fully saturated rings. The van der Waals surface area contributed by atoms with Crippen LogP contribution in [-0.4, -0.2) is 20.5 Å². The van der Waals surface area contributed by atoms with E-state index in [4.69, 9.17) is 27.0 Å². The minimum atomic E-state index is -3.84. The van der Waals surface area contributed by atoms with Gasteiger partial charge in [-0.05, 0) is 0 Å². The number of pyridine rings is 1. The Morgan fingerprint density at radius 3 is 2.54 bits per heavy atom.